The first-order valence-corrected chi connectivity index (χ1v) is 8.11. The number of nitrogens with one attached hydrogen (secondary N) is 1. The van der Waals surface area contributed by atoms with E-state index in [1.807, 2.05) is 18.2 Å². The van der Waals surface area contributed by atoms with Crippen molar-refractivity contribution in [3.8, 4) is 0 Å². The van der Waals surface area contributed by atoms with Crippen LogP contribution in [0.5, 0.6) is 0 Å². The Balaban J connectivity index is 2.25. The van der Waals surface area contributed by atoms with Crippen LogP contribution in [0.25, 0.3) is 0 Å². The summed E-state index contributed by atoms with van der Waals surface area (Å²) in [7, 11) is 0. The number of anilines is 2. The van der Waals surface area contributed by atoms with Crippen LogP contribution in [-0.2, 0) is 6.42 Å². The predicted octanol–water partition coefficient (Wildman–Crippen LogP) is 4.39. The van der Waals surface area contributed by atoms with Crippen molar-refractivity contribution < 1.29 is 4.79 Å². The molecule has 6 heteroatoms. The monoisotopic (exact) mass is 411 g/mol. The van der Waals surface area contributed by atoms with Gasteiger partial charge >= 0.3 is 0 Å². The van der Waals surface area contributed by atoms with E-state index >= 15 is 0 Å². The number of nitrogen functional groups attached to an aromatic ring is 1. The van der Waals surface area contributed by atoms with Gasteiger partial charge in [0.2, 0.25) is 0 Å². The second-order valence-electron chi connectivity index (χ2n) is 4.60. The van der Waals surface area contributed by atoms with Crippen LogP contribution >= 0.6 is 31.9 Å². The molecule has 0 aliphatic rings. The Morgan fingerprint density at radius 3 is 2.76 bits per heavy atom. The highest BCUT2D eigenvalue weighted by atomic mass is 79.9. The normalized spacial score (nSPS) is 10.4. The summed E-state index contributed by atoms with van der Waals surface area (Å²) in [6, 6.07) is 8.95. The van der Waals surface area contributed by atoms with Crippen LogP contribution in [-0.4, -0.2) is 10.9 Å². The van der Waals surface area contributed by atoms with E-state index in [1.54, 1.807) is 12.1 Å². The number of nitrogens with two attached hydrogens (primary N) is 1. The second-order valence-corrected chi connectivity index (χ2v) is 6.37. The maximum atomic E-state index is 12.4. The van der Waals surface area contributed by atoms with Crippen LogP contribution in [0.1, 0.15) is 29.4 Å². The van der Waals surface area contributed by atoms with Gasteiger partial charge in [0.15, 0.2) is 0 Å². The van der Waals surface area contributed by atoms with E-state index in [-0.39, 0.29) is 5.91 Å². The number of pyridine rings is 1. The van der Waals surface area contributed by atoms with E-state index in [2.05, 4.69) is 49.1 Å². The Hall–Kier alpha value is -1.40. The van der Waals surface area contributed by atoms with Crippen LogP contribution in [0, 0.1) is 0 Å². The zero-order chi connectivity index (χ0) is 15.4. The number of nitrogens with zero attached hydrogens (tertiary/aromatic N) is 1. The first-order valence-electron chi connectivity index (χ1n) is 6.52. The molecule has 3 N–H and O–H groups in total. The molecule has 1 heterocycles. The Morgan fingerprint density at radius 1 is 1.29 bits per heavy atom. The van der Waals surface area contributed by atoms with Gasteiger partial charge in [0.1, 0.15) is 5.82 Å². The number of benzene rings is 1. The van der Waals surface area contributed by atoms with E-state index in [4.69, 9.17) is 5.73 Å². The van der Waals surface area contributed by atoms with Crippen molar-refractivity contribution in [1.82, 2.24) is 4.98 Å². The van der Waals surface area contributed by atoms with Crippen molar-refractivity contribution in [1.29, 1.82) is 0 Å². The van der Waals surface area contributed by atoms with Crippen LogP contribution < -0.4 is 11.1 Å². The molecule has 4 nitrogen and oxygen atoms in total. The number of amides is 1. The van der Waals surface area contributed by atoms with Gasteiger partial charge in [-0.15, -0.1) is 0 Å². The van der Waals surface area contributed by atoms with E-state index < -0.39 is 0 Å². The number of aromatic nitrogens is 1. The molecule has 2 aromatic rings. The molecule has 0 atom stereocenters. The fraction of sp³-hybridized carbons (Fsp3) is 0.200. The summed E-state index contributed by atoms with van der Waals surface area (Å²) in [5.74, 6) is 0.152. The van der Waals surface area contributed by atoms with Gasteiger partial charge in [-0.3, -0.25) is 4.79 Å². The summed E-state index contributed by atoms with van der Waals surface area (Å²) in [4.78, 5) is 16.6. The standard InChI is InChI=1S/C15H15Br2N3O/c1-2-3-11-6-9(7-14(18)19-11)15(21)20-13-8-10(16)4-5-12(13)17/h4-8H,2-3H2,1H3,(H2,18,19)(H,20,21). The van der Waals surface area contributed by atoms with Gasteiger partial charge in [0.05, 0.1) is 5.69 Å². The van der Waals surface area contributed by atoms with Gasteiger partial charge < -0.3 is 11.1 Å². The molecule has 110 valence electrons. The van der Waals surface area contributed by atoms with Gasteiger partial charge in [-0.1, -0.05) is 29.3 Å². The summed E-state index contributed by atoms with van der Waals surface area (Å²) in [5, 5.41) is 2.86. The summed E-state index contributed by atoms with van der Waals surface area (Å²) in [6.07, 6.45) is 1.75. The van der Waals surface area contributed by atoms with E-state index in [9.17, 15) is 4.79 Å². The fourth-order valence-electron chi connectivity index (χ4n) is 1.91. The number of aryl methyl sites for hydroxylation is 1. The molecule has 0 bridgehead atoms. The molecular formula is C15H15Br2N3O. The highest BCUT2D eigenvalue weighted by Gasteiger charge is 2.11. The number of halogens is 2. The Bertz CT molecular complexity index is 674. The molecule has 0 aliphatic carbocycles. The molecule has 1 aromatic carbocycles. The number of carbonyl (C=O) groups excluding carboxylic acids is 1. The van der Waals surface area contributed by atoms with Gasteiger partial charge in [0, 0.05) is 20.2 Å². The molecule has 0 unspecified atom stereocenters. The van der Waals surface area contributed by atoms with Crippen LogP contribution in [0.4, 0.5) is 11.5 Å². The van der Waals surface area contributed by atoms with Crippen LogP contribution in [0.15, 0.2) is 39.3 Å². The number of carbonyl (C=O) groups is 1. The molecular weight excluding hydrogens is 398 g/mol. The number of hydrogen-bond acceptors (Lipinski definition) is 3. The first-order chi connectivity index (χ1) is 9.99. The number of hydrogen-bond donors (Lipinski definition) is 2. The quantitative estimate of drug-likeness (QED) is 0.782. The Kier molecular flexibility index (Phi) is 5.36. The molecule has 1 amide bonds. The molecule has 2 rings (SSSR count). The molecule has 21 heavy (non-hydrogen) atoms. The zero-order valence-corrected chi connectivity index (χ0v) is 14.7. The van der Waals surface area contributed by atoms with Gasteiger partial charge in [-0.25, -0.2) is 4.98 Å². The lowest BCUT2D eigenvalue weighted by Crippen LogP contribution is -2.14. The van der Waals surface area contributed by atoms with Crippen molar-refractivity contribution in [3.05, 3.63) is 50.5 Å². The lowest BCUT2D eigenvalue weighted by molar-refractivity contribution is 0.102. The molecule has 0 saturated heterocycles. The highest BCUT2D eigenvalue weighted by Crippen LogP contribution is 2.26. The Labute approximate surface area is 140 Å². The molecule has 0 aliphatic heterocycles. The van der Waals surface area contributed by atoms with Gasteiger partial charge in [-0.2, -0.15) is 0 Å². The Morgan fingerprint density at radius 2 is 2.05 bits per heavy atom. The average Bonchev–Trinajstić information content (AvgIpc) is 2.42. The third-order valence-electron chi connectivity index (χ3n) is 2.84. The minimum absolute atomic E-state index is 0.208. The first kappa shape index (κ1) is 16.0. The van der Waals surface area contributed by atoms with Crippen LogP contribution in [0.2, 0.25) is 0 Å². The average molecular weight is 413 g/mol. The zero-order valence-electron chi connectivity index (χ0n) is 11.5. The van der Waals surface area contributed by atoms with Gasteiger partial charge in [-0.05, 0) is 52.7 Å². The summed E-state index contributed by atoms with van der Waals surface area (Å²) in [6.45, 7) is 2.06. The fourth-order valence-corrected chi connectivity index (χ4v) is 2.62. The third kappa shape index (κ3) is 4.28. The van der Waals surface area contributed by atoms with E-state index in [0.29, 0.717) is 17.1 Å². The van der Waals surface area contributed by atoms with Crippen molar-refractivity contribution >= 4 is 49.3 Å². The lowest BCUT2D eigenvalue weighted by atomic mass is 10.1. The maximum absolute atomic E-state index is 12.4. The molecule has 1 aromatic heterocycles. The summed E-state index contributed by atoms with van der Waals surface area (Å²) < 4.78 is 1.71. The van der Waals surface area contributed by atoms with Crippen molar-refractivity contribution in [3.63, 3.8) is 0 Å². The summed E-state index contributed by atoms with van der Waals surface area (Å²) >= 11 is 6.80. The maximum Gasteiger partial charge on any atom is 0.255 e. The highest BCUT2D eigenvalue weighted by molar-refractivity contribution is 9.11. The molecule has 0 fully saturated rings. The predicted molar refractivity (Wildman–Crippen MR) is 92.4 cm³/mol. The smallest absolute Gasteiger partial charge is 0.255 e. The SMILES string of the molecule is CCCc1cc(C(=O)Nc2cc(Br)ccc2Br)cc(N)n1. The van der Waals surface area contributed by atoms with E-state index in [0.717, 1.165) is 27.5 Å². The molecule has 0 saturated carbocycles. The topological polar surface area (TPSA) is 68.0 Å². The largest absolute Gasteiger partial charge is 0.384 e. The van der Waals surface area contributed by atoms with Crippen molar-refractivity contribution in [2.24, 2.45) is 0 Å². The number of rotatable bonds is 4. The van der Waals surface area contributed by atoms with Crippen molar-refractivity contribution in [2.75, 3.05) is 11.1 Å². The lowest BCUT2D eigenvalue weighted by Gasteiger charge is -2.09. The molecule has 0 spiro atoms. The minimum Gasteiger partial charge on any atom is -0.384 e. The van der Waals surface area contributed by atoms with Crippen molar-refractivity contribution in [2.45, 2.75) is 19.8 Å². The second kappa shape index (κ2) is 7.04. The van der Waals surface area contributed by atoms with Gasteiger partial charge in [0.25, 0.3) is 5.91 Å². The molecule has 0 radical (unpaired) electrons. The third-order valence-corrected chi connectivity index (χ3v) is 4.03. The van der Waals surface area contributed by atoms with Crippen LogP contribution in [0.3, 0.4) is 0 Å². The summed E-state index contributed by atoms with van der Waals surface area (Å²) in [5.41, 5.74) is 7.80. The minimum atomic E-state index is -0.208. The van der Waals surface area contributed by atoms with E-state index in [1.165, 1.54) is 0 Å².